The van der Waals surface area contributed by atoms with E-state index in [-0.39, 0.29) is 13.1 Å². The molecule has 0 aliphatic heterocycles. The van der Waals surface area contributed by atoms with Gasteiger partial charge in [-0.15, -0.1) is 10.2 Å². The van der Waals surface area contributed by atoms with E-state index in [9.17, 15) is 18.0 Å². The van der Waals surface area contributed by atoms with E-state index in [1.807, 2.05) is 19.1 Å². The number of aryl methyl sites for hydroxylation is 1. The van der Waals surface area contributed by atoms with Crippen molar-refractivity contribution in [3.8, 4) is 0 Å². The van der Waals surface area contributed by atoms with E-state index in [1.54, 1.807) is 18.2 Å². The van der Waals surface area contributed by atoms with Gasteiger partial charge in [0.25, 0.3) is 5.91 Å². The van der Waals surface area contributed by atoms with Crippen molar-refractivity contribution < 1.29 is 18.0 Å². The van der Waals surface area contributed by atoms with Gasteiger partial charge in [-0.05, 0) is 43.3 Å². The van der Waals surface area contributed by atoms with Gasteiger partial charge in [0.05, 0.1) is 11.1 Å². The molecule has 0 fully saturated rings. The zero-order valence-electron chi connectivity index (χ0n) is 16.0. The standard InChI is InChI=1S/C20H19F3N6O/c1-13-5-4-8-17(26-13)27-18-10-9-16(28-29-18)24-11-12-25-19(30)14-6-2-3-7-15(14)20(21,22)23/h2-10H,11-12H2,1H3,(H,24,28)(H,25,30)(H,26,27,29). The number of rotatable bonds is 7. The zero-order chi connectivity index (χ0) is 21.6. The number of anilines is 3. The number of aromatic nitrogens is 3. The number of benzene rings is 1. The summed E-state index contributed by atoms with van der Waals surface area (Å²) in [6.45, 7) is 2.26. The third-order valence-corrected chi connectivity index (χ3v) is 4.00. The molecule has 156 valence electrons. The van der Waals surface area contributed by atoms with Crippen LogP contribution in [0.3, 0.4) is 0 Å². The van der Waals surface area contributed by atoms with Crippen molar-refractivity contribution in [3.63, 3.8) is 0 Å². The minimum atomic E-state index is -4.59. The molecule has 7 nitrogen and oxygen atoms in total. The van der Waals surface area contributed by atoms with Gasteiger partial charge in [-0.3, -0.25) is 4.79 Å². The molecular weight excluding hydrogens is 397 g/mol. The summed E-state index contributed by atoms with van der Waals surface area (Å²) in [4.78, 5) is 16.4. The van der Waals surface area contributed by atoms with Crippen molar-refractivity contribution in [2.24, 2.45) is 0 Å². The maximum atomic E-state index is 13.0. The SMILES string of the molecule is Cc1cccc(Nc2ccc(NCCNC(=O)c3ccccc3C(F)(F)F)nn2)n1. The van der Waals surface area contributed by atoms with Crippen LogP contribution in [0.4, 0.5) is 30.6 Å². The Labute approximate surface area is 170 Å². The fraction of sp³-hybridized carbons (Fsp3) is 0.200. The largest absolute Gasteiger partial charge is 0.417 e. The van der Waals surface area contributed by atoms with Crippen LogP contribution in [0.1, 0.15) is 21.6 Å². The first-order chi connectivity index (χ1) is 14.3. The molecule has 0 saturated heterocycles. The van der Waals surface area contributed by atoms with E-state index in [0.29, 0.717) is 17.5 Å². The molecule has 0 unspecified atom stereocenters. The smallest absolute Gasteiger partial charge is 0.367 e. The summed E-state index contributed by atoms with van der Waals surface area (Å²) in [5, 5.41) is 16.5. The molecule has 30 heavy (non-hydrogen) atoms. The monoisotopic (exact) mass is 416 g/mol. The Balaban J connectivity index is 1.48. The van der Waals surface area contributed by atoms with Gasteiger partial charge in [0, 0.05) is 18.8 Å². The predicted octanol–water partition coefficient (Wildman–Crippen LogP) is 3.78. The summed E-state index contributed by atoms with van der Waals surface area (Å²) in [7, 11) is 0. The Morgan fingerprint density at radius 2 is 1.63 bits per heavy atom. The molecular formula is C20H19F3N6O. The first kappa shape index (κ1) is 21.0. The van der Waals surface area contributed by atoms with Gasteiger partial charge >= 0.3 is 6.18 Å². The summed E-state index contributed by atoms with van der Waals surface area (Å²) in [5.74, 6) is 0.825. The van der Waals surface area contributed by atoms with Crippen molar-refractivity contribution in [2.45, 2.75) is 13.1 Å². The molecule has 0 spiro atoms. The molecule has 0 aliphatic carbocycles. The van der Waals surface area contributed by atoms with Gasteiger partial charge in [-0.25, -0.2) is 4.98 Å². The number of halogens is 3. The molecule has 0 bridgehead atoms. The van der Waals surface area contributed by atoms with Crippen molar-refractivity contribution in [1.82, 2.24) is 20.5 Å². The molecule has 10 heteroatoms. The molecule has 0 aliphatic rings. The summed E-state index contributed by atoms with van der Waals surface area (Å²) in [6, 6.07) is 13.6. The third-order valence-electron chi connectivity index (χ3n) is 4.00. The van der Waals surface area contributed by atoms with Crippen LogP contribution < -0.4 is 16.0 Å². The van der Waals surface area contributed by atoms with E-state index >= 15 is 0 Å². The lowest BCUT2D eigenvalue weighted by Crippen LogP contribution is -2.30. The second-order valence-electron chi connectivity index (χ2n) is 6.32. The van der Waals surface area contributed by atoms with Crippen LogP contribution in [0.15, 0.2) is 54.6 Å². The highest BCUT2D eigenvalue weighted by Crippen LogP contribution is 2.31. The highest BCUT2D eigenvalue weighted by molar-refractivity contribution is 5.95. The summed E-state index contributed by atoms with van der Waals surface area (Å²) >= 11 is 0. The molecule has 0 radical (unpaired) electrons. The Morgan fingerprint density at radius 1 is 0.900 bits per heavy atom. The molecule has 2 aromatic heterocycles. The summed E-state index contributed by atoms with van der Waals surface area (Å²) < 4.78 is 39.0. The summed E-state index contributed by atoms with van der Waals surface area (Å²) in [5.41, 5.74) is -0.511. The number of amides is 1. The maximum absolute atomic E-state index is 13.0. The number of nitrogens with zero attached hydrogens (tertiary/aromatic N) is 3. The minimum Gasteiger partial charge on any atom is -0.367 e. The second kappa shape index (κ2) is 9.21. The molecule has 3 rings (SSSR count). The van der Waals surface area contributed by atoms with Crippen molar-refractivity contribution in [1.29, 1.82) is 0 Å². The van der Waals surface area contributed by atoms with E-state index < -0.39 is 23.2 Å². The molecule has 0 atom stereocenters. The van der Waals surface area contributed by atoms with Crippen molar-refractivity contribution >= 4 is 23.4 Å². The molecule has 3 aromatic rings. The number of hydrogen-bond donors (Lipinski definition) is 3. The molecule has 1 aromatic carbocycles. The number of pyridine rings is 1. The van der Waals surface area contributed by atoms with E-state index in [2.05, 4.69) is 31.1 Å². The Morgan fingerprint density at radius 3 is 2.33 bits per heavy atom. The third kappa shape index (κ3) is 5.66. The lowest BCUT2D eigenvalue weighted by molar-refractivity contribution is -0.137. The lowest BCUT2D eigenvalue weighted by Gasteiger charge is -2.13. The van der Waals surface area contributed by atoms with Gasteiger partial charge in [0.15, 0.2) is 5.82 Å². The maximum Gasteiger partial charge on any atom is 0.417 e. The topological polar surface area (TPSA) is 91.8 Å². The van der Waals surface area contributed by atoms with Gasteiger partial charge in [0.2, 0.25) is 0 Å². The Bertz CT molecular complexity index is 1010. The van der Waals surface area contributed by atoms with Crippen LogP contribution in [0.25, 0.3) is 0 Å². The second-order valence-corrected chi connectivity index (χ2v) is 6.32. The fourth-order valence-electron chi connectivity index (χ4n) is 2.63. The normalized spacial score (nSPS) is 11.1. The van der Waals surface area contributed by atoms with Gasteiger partial charge < -0.3 is 16.0 Å². The minimum absolute atomic E-state index is 0.111. The van der Waals surface area contributed by atoms with Crippen LogP contribution >= 0.6 is 0 Å². The molecule has 1 amide bonds. The number of carbonyl (C=O) groups is 1. The summed E-state index contributed by atoms with van der Waals surface area (Å²) in [6.07, 6.45) is -4.59. The van der Waals surface area contributed by atoms with Crippen LogP contribution in [0, 0.1) is 6.92 Å². The average Bonchev–Trinajstić information content (AvgIpc) is 2.71. The van der Waals surface area contributed by atoms with Crippen molar-refractivity contribution in [2.75, 3.05) is 23.7 Å². The Kier molecular flexibility index (Phi) is 6.45. The fourth-order valence-corrected chi connectivity index (χ4v) is 2.63. The first-order valence-corrected chi connectivity index (χ1v) is 9.05. The van der Waals surface area contributed by atoms with Gasteiger partial charge in [-0.1, -0.05) is 18.2 Å². The lowest BCUT2D eigenvalue weighted by atomic mass is 10.1. The number of nitrogens with one attached hydrogen (secondary N) is 3. The quantitative estimate of drug-likeness (QED) is 0.508. The highest BCUT2D eigenvalue weighted by atomic mass is 19.4. The predicted molar refractivity (Wildman–Crippen MR) is 107 cm³/mol. The average molecular weight is 416 g/mol. The molecule has 0 saturated carbocycles. The van der Waals surface area contributed by atoms with Crippen LogP contribution in [-0.2, 0) is 6.18 Å². The van der Waals surface area contributed by atoms with Crippen LogP contribution in [-0.4, -0.2) is 34.2 Å². The molecule has 3 N–H and O–H groups in total. The number of carbonyl (C=O) groups excluding carboxylic acids is 1. The zero-order valence-corrected chi connectivity index (χ0v) is 16.0. The van der Waals surface area contributed by atoms with Crippen LogP contribution in [0.5, 0.6) is 0 Å². The van der Waals surface area contributed by atoms with Gasteiger partial charge in [0.1, 0.15) is 11.6 Å². The number of alkyl halides is 3. The van der Waals surface area contributed by atoms with E-state index in [0.717, 1.165) is 17.8 Å². The first-order valence-electron chi connectivity index (χ1n) is 9.05. The van der Waals surface area contributed by atoms with E-state index in [4.69, 9.17) is 0 Å². The number of hydrogen-bond acceptors (Lipinski definition) is 6. The van der Waals surface area contributed by atoms with Gasteiger partial charge in [-0.2, -0.15) is 13.2 Å². The molecule has 2 heterocycles. The Hall–Kier alpha value is -3.69. The van der Waals surface area contributed by atoms with Crippen molar-refractivity contribution in [3.05, 3.63) is 71.4 Å². The van der Waals surface area contributed by atoms with Crippen LogP contribution in [0.2, 0.25) is 0 Å². The highest BCUT2D eigenvalue weighted by Gasteiger charge is 2.34. The van der Waals surface area contributed by atoms with E-state index in [1.165, 1.54) is 12.1 Å².